The van der Waals surface area contributed by atoms with Gasteiger partial charge in [-0.15, -0.1) is 0 Å². The summed E-state index contributed by atoms with van der Waals surface area (Å²) in [6.07, 6.45) is 0.917. The van der Waals surface area contributed by atoms with E-state index in [2.05, 4.69) is 24.8 Å². The van der Waals surface area contributed by atoms with Crippen molar-refractivity contribution in [3.05, 3.63) is 0 Å². The highest BCUT2D eigenvalue weighted by Crippen LogP contribution is 2.19. The second kappa shape index (κ2) is 7.65. The van der Waals surface area contributed by atoms with Crippen LogP contribution in [0.1, 0.15) is 34.1 Å². The minimum Gasteiger partial charge on any atom is -0.383 e. The number of nitrogens with zero attached hydrogens (tertiary/aromatic N) is 2. The number of nitriles is 1. The third-order valence-electron chi connectivity index (χ3n) is 2.59. The van der Waals surface area contributed by atoms with E-state index in [0.717, 1.165) is 32.7 Å². The molecule has 0 rings (SSSR count). The quantitative estimate of drug-likeness (QED) is 0.638. The third kappa shape index (κ3) is 7.67. The van der Waals surface area contributed by atoms with E-state index in [9.17, 15) is 0 Å². The summed E-state index contributed by atoms with van der Waals surface area (Å²) >= 11 is 0. The van der Waals surface area contributed by atoms with Gasteiger partial charge in [0.2, 0.25) is 0 Å². The minimum atomic E-state index is -0.220. The molecule has 16 heavy (non-hydrogen) atoms. The van der Waals surface area contributed by atoms with Crippen molar-refractivity contribution in [1.29, 1.82) is 5.26 Å². The minimum absolute atomic E-state index is 0.220. The van der Waals surface area contributed by atoms with Crippen LogP contribution in [0.15, 0.2) is 0 Å². The number of methoxy groups -OCH3 is 1. The van der Waals surface area contributed by atoms with Gasteiger partial charge in [0.15, 0.2) is 0 Å². The lowest BCUT2D eigenvalue weighted by molar-refractivity contribution is 0.133. The zero-order valence-electron chi connectivity index (χ0n) is 11.4. The van der Waals surface area contributed by atoms with Crippen LogP contribution in [0.2, 0.25) is 0 Å². The summed E-state index contributed by atoms with van der Waals surface area (Å²) < 4.78 is 5.11. The Morgan fingerprint density at radius 3 is 2.38 bits per heavy atom. The molecule has 0 saturated heterocycles. The molecule has 0 aliphatic rings. The molecule has 3 nitrogen and oxygen atoms in total. The van der Waals surface area contributed by atoms with E-state index in [1.54, 1.807) is 7.11 Å². The van der Waals surface area contributed by atoms with Crippen LogP contribution in [0.4, 0.5) is 0 Å². The smallest absolute Gasteiger partial charge is 0.0684 e. The van der Waals surface area contributed by atoms with E-state index in [-0.39, 0.29) is 5.41 Å². The monoisotopic (exact) mass is 226 g/mol. The molecule has 0 aromatic carbocycles. The first-order valence-electron chi connectivity index (χ1n) is 6.04. The highest BCUT2D eigenvalue weighted by molar-refractivity contribution is 4.92. The van der Waals surface area contributed by atoms with Crippen molar-refractivity contribution >= 4 is 0 Å². The molecule has 3 heteroatoms. The van der Waals surface area contributed by atoms with Crippen molar-refractivity contribution in [2.45, 2.75) is 34.1 Å². The SMILES string of the molecule is COCCN(CCC(C)(C)C#N)CC(C)C. The first-order valence-corrected chi connectivity index (χ1v) is 6.04. The number of hydrogen-bond donors (Lipinski definition) is 0. The Morgan fingerprint density at radius 2 is 1.94 bits per heavy atom. The van der Waals surface area contributed by atoms with Crippen molar-refractivity contribution in [1.82, 2.24) is 4.90 Å². The Hall–Kier alpha value is -0.590. The Labute approximate surface area is 100 Å². The molecule has 0 fully saturated rings. The lowest BCUT2D eigenvalue weighted by Gasteiger charge is -2.26. The first kappa shape index (κ1) is 15.4. The summed E-state index contributed by atoms with van der Waals surface area (Å²) in [6, 6.07) is 2.35. The molecule has 0 saturated carbocycles. The van der Waals surface area contributed by atoms with E-state index in [1.807, 2.05) is 13.8 Å². The van der Waals surface area contributed by atoms with Gasteiger partial charge in [0.1, 0.15) is 0 Å². The van der Waals surface area contributed by atoms with E-state index in [4.69, 9.17) is 10.00 Å². The number of hydrogen-bond acceptors (Lipinski definition) is 3. The fourth-order valence-electron chi connectivity index (χ4n) is 1.52. The lowest BCUT2D eigenvalue weighted by atomic mass is 9.91. The van der Waals surface area contributed by atoms with Gasteiger partial charge in [-0.25, -0.2) is 0 Å². The number of rotatable bonds is 8. The van der Waals surface area contributed by atoms with Crippen LogP contribution >= 0.6 is 0 Å². The van der Waals surface area contributed by atoms with Crippen LogP contribution in [-0.2, 0) is 4.74 Å². The van der Waals surface area contributed by atoms with E-state index < -0.39 is 0 Å². The molecule has 0 radical (unpaired) electrons. The van der Waals surface area contributed by atoms with Gasteiger partial charge < -0.3 is 9.64 Å². The molecular weight excluding hydrogens is 200 g/mol. The van der Waals surface area contributed by atoms with Gasteiger partial charge in [-0.05, 0) is 32.7 Å². The summed E-state index contributed by atoms with van der Waals surface area (Å²) in [6.45, 7) is 12.2. The molecule has 0 aliphatic heterocycles. The predicted octanol–water partition coefficient (Wildman–Crippen LogP) is 2.53. The molecule has 0 aliphatic carbocycles. The Bertz CT molecular complexity index is 218. The van der Waals surface area contributed by atoms with E-state index in [0.29, 0.717) is 5.92 Å². The second-order valence-electron chi connectivity index (χ2n) is 5.43. The summed E-state index contributed by atoms with van der Waals surface area (Å²) in [5.74, 6) is 0.655. The first-order chi connectivity index (χ1) is 7.41. The molecule has 94 valence electrons. The van der Waals surface area contributed by atoms with Crippen molar-refractivity contribution in [3.8, 4) is 6.07 Å². The van der Waals surface area contributed by atoms with Gasteiger partial charge in [0.05, 0.1) is 18.1 Å². The van der Waals surface area contributed by atoms with Gasteiger partial charge >= 0.3 is 0 Å². The zero-order valence-corrected chi connectivity index (χ0v) is 11.4. The van der Waals surface area contributed by atoms with E-state index >= 15 is 0 Å². The van der Waals surface area contributed by atoms with Crippen LogP contribution in [0.25, 0.3) is 0 Å². The summed E-state index contributed by atoms with van der Waals surface area (Å²) in [5.41, 5.74) is -0.220. The van der Waals surface area contributed by atoms with Crippen LogP contribution < -0.4 is 0 Å². The highest BCUT2D eigenvalue weighted by Gasteiger charge is 2.18. The molecule has 0 bridgehead atoms. The number of ether oxygens (including phenoxy) is 1. The van der Waals surface area contributed by atoms with Crippen molar-refractivity contribution in [3.63, 3.8) is 0 Å². The maximum atomic E-state index is 8.97. The molecule has 0 atom stereocenters. The van der Waals surface area contributed by atoms with Crippen molar-refractivity contribution in [2.75, 3.05) is 33.4 Å². The van der Waals surface area contributed by atoms with Gasteiger partial charge in [-0.2, -0.15) is 5.26 Å². The molecule has 0 unspecified atom stereocenters. The predicted molar refractivity (Wildman–Crippen MR) is 67.2 cm³/mol. The van der Waals surface area contributed by atoms with Crippen molar-refractivity contribution in [2.24, 2.45) is 11.3 Å². The Kier molecular flexibility index (Phi) is 7.36. The van der Waals surface area contributed by atoms with Crippen LogP contribution in [0.5, 0.6) is 0 Å². The maximum absolute atomic E-state index is 8.97. The third-order valence-corrected chi connectivity index (χ3v) is 2.59. The molecule has 0 aromatic rings. The largest absolute Gasteiger partial charge is 0.383 e. The van der Waals surface area contributed by atoms with Crippen LogP contribution in [-0.4, -0.2) is 38.3 Å². The zero-order chi connectivity index (χ0) is 12.6. The fraction of sp³-hybridized carbons (Fsp3) is 0.923. The fourth-order valence-corrected chi connectivity index (χ4v) is 1.52. The lowest BCUT2D eigenvalue weighted by Crippen LogP contribution is -2.33. The summed E-state index contributed by atoms with van der Waals surface area (Å²) in [4.78, 5) is 2.38. The van der Waals surface area contributed by atoms with Crippen LogP contribution in [0.3, 0.4) is 0 Å². The highest BCUT2D eigenvalue weighted by atomic mass is 16.5. The summed E-state index contributed by atoms with van der Waals surface area (Å²) in [7, 11) is 1.73. The van der Waals surface area contributed by atoms with Crippen LogP contribution in [0, 0.1) is 22.7 Å². The molecule has 0 heterocycles. The summed E-state index contributed by atoms with van der Waals surface area (Å²) in [5, 5.41) is 8.97. The average molecular weight is 226 g/mol. The molecular formula is C13H26N2O. The van der Waals surface area contributed by atoms with Gasteiger partial charge in [-0.3, -0.25) is 0 Å². The second-order valence-corrected chi connectivity index (χ2v) is 5.43. The topological polar surface area (TPSA) is 36.3 Å². The maximum Gasteiger partial charge on any atom is 0.0684 e. The van der Waals surface area contributed by atoms with Gasteiger partial charge in [0, 0.05) is 20.2 Å². The molecule has 0 spiro atoms. The van der Waals surface area contributed by atoms with Gasteiger partial charge in [-0.1, -0.05) is 13.8 Å². The molecule has 0 aromatic heterocycles. The average Bonchev–Trinajstić information content (AvgIpc) is 2.21. The Balaban J connectivity index is 4.06. The van der Waals surface area contributed by atoms with Gasteiger partial charge in [0.25, 0.3) is 0 Å². The van der Waals surface area contributed by atoms with Crippen molar-refractivity contribution < 1.29 is 4.74 Å². The standard InChI is InChI=1S/C13H26N2O/c1-12(2)10-15(8-9-16-5)7-6-13(3,4)11-14/h12H,6-10H2,1-5H3. The molecule has 0 N–H and O–H groups in total. The van der Waals surface area contributed by atoms with E-state index in [1.165, 1.54) is 0 Å². The Morgan fingerprint density at radius 1 is 1.31 bits per heavy atom. The normalized spacial score (nSPS) is 12.1. The molecule has 0 amide bonds.